The van der Waals surface area contributed by atoms with Crippen LogP contribution in [-0.2, 0) is 13.6 Å². The lowest BCUT2D eigenvalue weighted by Crippen LogP contribution is -2.21. The predicted octanol–water partition coefficient (Wildman–Crippen LogP) is 4.12. The maximum absolute atomic E-state index is 12.5. The quantitative estimate of drug-likeness (QED) is 0.697. The summed E-state index contributed by atoms with van der Waals surface area (Å²) < 4.78 is 23.0. The van der Waals surface area contributed by atoms with Crippen molar-refractivity contribution < 1.29 is 13.6 Å². The second kappa shape index (κ2) is 8.38. The molecule has 20 heavy (non-hydrogen) atoms. The minimum atomic E-state index is -3.22. The zero-order valence-electron chi connectivity index (χ0n) is 12.5. The fraction of sp³-hybridized carbons (Fsp3) is 0.467. The van der Waals surface area contributed by atoms with Gasteiger partial charge in [-0.2, -0.15) is 0 Å². The molecule has 0 aliphatic heterocycles. The Hall–Kier alpha value is -0.930. The van der Waals surface area contributed by atoms with Crippen LogP contribution in [-0.4, -0.2) is 19.8 Å². The molecule has 0 unspecified atom stereocenters. The zero-order chi connectivity index (χ0) is 15.0. The van der Waals surface area contributed by atoms with Crippen LogP contribution in [0.25, 0.3) is 0 Å². The highest BCUT2D eigenvalue weighted by molar-refractivity contribution is 7.58. The third-order valence-electron chi connectivity index (χ3n) is 2.90. The largest absolute Gasteiger partial charge is 0.358 e. The zero-order valence-corrected chi connectivity index (χ0v) is 13.4. The van der Waals surface area contributed by atoms with Crippen molar-refractivity contribution in [2.75, 3.05) is 19.8 Å². The summed E-state index contributed by atoms with van der Waals surface area (Å²) in [5.41, 5.74) is 1.17. The Balaban J connectivity index is 2.59. The van der Waals surface area contributed by atoms with Crippen LogP contribution in [0, 0.1) is 0 Å². The van der Waals surface area contributed by atoms with Gasteiger partial charge in [-0.05, 0) is 26.3 Å². The predicted molar refractivity (Wildman–Crippen MR) is 82.9 cm³/mol. The molecule has 0 amide bonds. The number of benzene rings is 1. The van der Waals surface area contributed by atoms with Gasteiger partial charge in [-0.25, -0.2) is 0 Å². The fourth-order valence-corrected chi connectivity index (χ4v) is 3.19. The lowest BCUT2D eigenvalue weighted by Gasteiger charge is -2.21. The van der Waals surface area contributed by atoms with E-state index < -0.39 is 7.60 Å². The van der Waals surface area contributed by atoms with Crippen molar-refractivity contribution in [3.05, 3.63) is 47.8 Å². The van der Waals surface area contributed by atoms with Crippen molar-refractivity contribution in [2.24, 2.45) is 0 Å². The Morgan fingerprint density at radius 2 is 1.80 bits per heavy atom. The molecule has 0 radical (unpaired) electrons. The van der Waals surface area contributed by atoms with E-state index in [-0.39, 0.29) is 6.04 Å². The average Bonchev–Trinajstić information content (AvgIpc) is 2.45. The molecule has 1 aromatic rings. The molecule has 112 valence electrons. The molecule has 1 atom stereocenters. The standard InChI is InChI=1S/C15H24NO3P/c1-5-18-20(17,19-6-2)13(3)12-16-14(4)15-10-8-7-9-11-15/h7-11,14,16H,3,5-6,12H2,1-2,4H3/t14-/m0/s1. The third kappa shape index (κ3) is 4.88. The van der Waals surface area contributed by atoms with Crippen LogP contribution in [0.4, 0.5) is 0 Å². The van der Waals surface area contributed by atoms with Crippen LogP contribution in [0.15, 0.2) is 42.2 Å². The first-order valence-corrected chi connectivity index (χ1v) is 8.43. The highest BCUT2D eigenvalue weighted by atomic mass is 31.2. The van der Waals surface area contributed by atoms with Crippen LogP contribution in [0.1, 0.15) is 32.4 Å². The van der Waals surface area contributed by atoms with E-state index in [0.29, 0.717) is 25.1 Å². The van der Waals surface area contributed by atoms with Gasteiger partial charge in [0.25, 0.3) is 0 Å². The Morgan fingerprint density at radius 3 is 2.30 bits per heavy atom. The molecule has 1 N–H and O–H groups in total. The summed E-state index contributed by atoms with van der Waals surface area (Å²) in [6.45, 7) is 10.6. The molecule has 5 heteroatoms. The summed E-state index contributed by atoms with van der Waals surface area (Å²) in [7, 11) is -3.22. The minimum Gasteiger partial charge on any atom is -0.306 e. The van der Waals surface area contributed by atoms with Gasteiger partial charge in [-0.15, -0.1) is 0 Å². The lowest BCUT2D eigenvalue weighted by molar-refractivity contribution is 0.225. The van der Waals surface area contributed by atoms with Crippen molar-refractivity contribution in [1.29, 1.82) is 0 Å². The molecule has 0 saturated heterocycles. The molecule has 4 nitrogen and oxygen atoms in total. The topological polar surface area (TPSA) is 47.6 Å². The molecular formula is C15H24NO3P. The fourth-order valence-electron chi connectivity index (χ4n) is 1.79. The van der Waals surface area contributed by atoms with Crippen LogP contribution in [0.3, 0.4) is 0 Å². The summed E-state index contributed by atoms with van der Waals surface area (Å²) in [6, 6.07) is 10.2. The Labute approximate surface area is 121 Å². The summed E-state index contributed by atoms with van der Waals surface area (Å²) in [5, 5.41) is 3.75. The molecule has 1 aromatic carbocycles. The second-order valence-electron chi connectivity index (χ2n) is 4.41. The van der Waals surface area contributed by atoms with E-state index in [9.17, 15) is 4.57 Å². The molecule has 0 spiro atoms. The highest BCUT2D eigenvalue weighted by Crippen LogP contribution is 2.54. The molecule has 0 aliphatic carbocycles. The van der Waals surface area contributed by atoms with Crippen LogP contribution >= 0.6 is 7.60 Å². The van der Waals surface area contributed by atoms with E-state index in [4.69, 9.17) is 9.05 Å². The summed E-state index contributed by atoms with van der Waals surface area (Å²) >= 11 is 0. The molecule has 0 fully saturated rings. The molecule has 1 rings (SSSR count). The Morgan fingerprint density at radius 1 is 1.25 bits per heavy atom. The van der Waals surface area contributed by atoms with Crippen molar-refractivity contribution >= 4 is 7.60 Å². The van der Waals surface area contributed by atoms with E-state index in [2.05, 4.69) is 18.8 Å². The van der Waals surface area contributed by atoms with Crippen LogP contribution < -0.4 is 5.32 Å². The molecule has 0 aliphatic rings. The molecular weight excluding hydrogens is 273 g/mol. The van der Waals surface area contributed by atoms with Crippen molar-refractivity contribution in [3.8, 4) is 0 Å². The number of rotatable bonds is 9. The molecule has 0 saturated carbocycles. The van der Waals surface area contributed by atoms with Gasteiger partial charge in [0.05, 0.1) is 13.2 Å². The van der Waals surface area contributed by atoms with Crippen molar-refractivity contribution in [3.63, 3.8) is 0 Å². The summed E-state index contributed by atoms with van der Waals surface area (Å²) in [5.74, 6) is 0. The smallest absolute Gasteiger partial charge is 0.306 e. The van der Waals surface area contributed by atoms with Crippen LogP contribution in [0.5, 0.6) is 0 Å². The Bertz CT molecular complexity index is 451. The van der Waals surface area contributed by atoms with E-state index in [0.717, 1.165) is 0 Å². The molecule has 0 aromatic heterocycles. The first-order chi connectivity index (χ1) is 9.53. The van der Waals surface area contributed by atoms with E-state index in [1.807, 2.05) is 30.3 Å². The van der Waals surface area contributed by atoms with Gasteiger partial charge in [-0.1, -0.05) is 36.9 Å². The first kappa shape index (κ1) is 17.1. The van der Waals surface area contributed by atoms with Gasteiger partial charge in [0, 0.05) is 17.9 Å². The first-order valence-electron chi connectivity index (χ1n) is 6.89. The number of nitrogens with one attached hydrogen (secondary N) is 1. The van der Waals surface area contributed by atoms with E-state index >= 15 is 0 Å². The second-order valence-corrected chi connectivity index (χ2v) is 6.56. The minimum absolute atomic E-state index is 0.143. The third-order valence-corrected chi connectivity index (χ3v) is 5.03. The summed E-state index contributed by atoms with van der Waals surface area (Å²) in [6.07, 6.45) is 0. The maximum Gasteiger partial charge on any atom is 0.358 e. The number of hydrogen-bond acceptors (Lipinski definition) is 4. The highest BCUT2D eigenvalue weighted by Gasteiger charge is 2.27. The van der Waals surface area contributed by atoms with Gasteiger partial charge in [0.15, 0.2) is 0 Å². The average molecular weight is 297 g/mol. The van der Waals surface area contributed by atoms with E-state index in [1.54, 1.807) is 13.8 Å². The number of hydrogen-bond donors (Lipinski definition) is 1. The Kier molecular flexibility index (Phi) is 7.17. The SMILES string of the molecule is C=C(CN[C@@H](C)c1ccccc1)P(=O)(OCC)OCC. The van der Waals surface area contributed by atoms with Gasteiger partial charge in [0.1, 0.15) is 0 Å². The van der Waals surface area contributed by atoms with Gasteiger partial charge >= 0.3 is 7.60 Å². The van der Waals surface area contributed by atoms with Gasteiger partial charge < -0.3 is 14.4 Å². The normalized spacial score (nSPS) is 13.2. The maximum atomic E-state index is 12.5. The monoisotopic (exact) mass is 297 g/mol. The van der Waals surface area contributed by atoms with Gasteiger partial charge in [-0.3, -0.25) is 4.57 Å². The van der Waals surface area contributed by atoms with Crippen LogP contribution in [0.2, 0.25) is 0 Å². The molecule has 0 heterocycles. The lowest BCUT2D eigenvalue weighted by atomic mass is 10.1. The van der Waals surface area contributed by atoms with E-state index in [1.165, 1.54) is 5.56 Å². The molecule has 0 bridgehead atoms. The van der Waals surface area contributed by atoms with Crippen molar-refractivity contribution in [2.45, 2.75) is 26.8 Å². The van der Waals surface area contributed by atoms with Crippen molar-refractivity contribution in [1.82, 2.24) is 5.32 Å². The van der Waals surface area contributed by atoms with Gasteiger partial charge in [0.2, 0.25) is 0 Å². The summed E-state index contributed by atoms with van der Waals surface area (Å²) in [4.78, 5) is 0.